The van der Waals surface area contributed by atoms with Gasteiger partial charge >= 0.3 is 0 Å². The van der Waals surface area contributed by atoms with E-state index in [4.69, 9.17) is 0 Å². The van der Waals surface area contributed by atoms with Crippen molar-refractivity contribution in [3.63, 3.8) is 0 Å². The van der Waals surface area contributed by atoms with Gasteiger partial charge in [-0.15, -0.1) is 0 Å². The first-order valence-electron chi connectivity index (χ1n) is 4.44. The van der Waals surface area contributed by atoms with Crippen LogP contribution in [-0.2, 0) is 9.84 Å². The van der Waals surface area contributed by atoms with Crippen molar-refractivity contribution in [3.05, 3.63) is 28.2 Å². The van der Waals surface area contributed by atoms with Crippen molar-refractivity contribution in [3.8, 4) is 0 Å². The Morgan fingerprint density at radius 3 is 2.69 bits per heavy atom. The largest absolute Gasteiger partial charge is 0.306 e. The molecule has 0 aliphatic carbocycles. The molecule has 2 aromatic rings. The van der Waals surface area contributed by atoms with E-state index in [-0.39, 0.29) is 16.4 Å². The molecular formula is C9H9N3O3S. The van der Waals surface area contributed by atoms with E-state index in [1.165, 1.54) is 6.20 Å². The Kier molecular flexibility index (Phi) is 2.27. The van der Waals surface area contributed by atoms with Crippen LogP contribution in [0.1, 0.15) is 5.56 Å². The number of aromatic nitrogens is 3. The Hall–Kier alpha value is -1.76. The second-order valence-electron chi connectivity index (χ2n) is 3.51. The lowest BCUT2D eigenvalue weighted by Gasteiger charge is -2.00. The summed E-state index contributed by atoms with van der Waals surface area (Å²) in [6.45, 7) is 1.66. The van der Waals surface area contributed by atoms with Crippen LogP contribution in [0.25, 0.3) is 11.0 Å². The molecule has 16 heavy (non-hydrogen) atoms. The minimum absolute atomic E-state index is 0.228. The fourth-order valence-electron chi connectivity index (χ4n) is 1.26. The first-order chi connectivity index (χ1) is 7.38. The van der Waals surface area contributed by atoms with Crippen molar-refractivity contribution in [1.82, 2.24) is 15.0 Å². The molecule has 2 heterocycles. The maximum absolute atomic E-state index is 11.3. The molecule has 0 fully saturated rings. The molecule has 2 rings (SSSR count). The maximum Gasteiger partial charge on any atom is 0.252 e. The smallest absolute Gasteiger partial charge is 0.252 e. The molecular weight excluding hydrogens is 230 g/mol. The maximum atomic E-state index is 11.3. The van der Waals surface area contributed by atoms with Crippen LogP contribution in [0.3, 0.4) is 0 Å². The van der Waals surface area contributed by atoms with Gasteiger partial charge in [0, 0.05) is 23.4 Å². The van der Waals surface area contributed by atoms with Crippen molar-refractivity contribution in [1.29, 1.82) is 0 Å². The number of hydrogen-bond acceptors (Lipinski definition) is 5. The van der Waals surface area contributed by atoms with Gasteiger partial charge < -0.3 is 4.98 Å². The summed E-state index contributed by atoms with van der Waals surface area (Å²) in [7, 11) is -3.46. The lowest BCUT2D eigenvalue weighted by atomic mass is 10.2. The number of pyridine rings is 1. The predicted molar refractivity (Wildman–Crippen MR) is 58.0 cm³/mol. The zero-order valence-electron chi connectivity index (χ0n) is 8.68. The molecule has 0 saturated heterocycles. The van der Waals surface area contributed by atoms with Crippen molar-refractivity contribution in [2.45, 2.75) is 12.1 Å². The van der Waals surface area contributed by atoms with Crippen LogP contribution in [0, 0.1) is 6.92 Å². The standard InChI is InChI=1S/C9H9N3O3S/c1-5-3-6-4-10-9(16(2,14)15)12-7(6)11-8(5)13/h3-4H,1-2H3,(H,10,11,12,13). The van der Waals surface area contributed by atoms with Gasteiger partial charge in [-0.05, 0) is 13.0 Å². The molecule has 2 aromatic heterocycles. The molecule has 7 heteroatoms. The van der Waals surface area contributed by atoms with Crippen LogP contribution in [0.5, 0.6) is 0 Å². The number of aryl methyl sites for hydroxylation is 1. The summed E-state index contributed by atoms with van der Waals surface area (Å²) >= 11 is 0. The van der Waals surface area contributed by atoms with Gasteiger partial charge in [0.1, 0.15) is 5.65 Å². The van der Waals surface area contributed by atoms with Crippen LogP contribution in [0.2, 0.25) is 0 Å². The van der Waals surface area contributed by atoms with Crippen molar-refractivity contribution < 1.29 is 8.42 Å². The minimum atomic E-state index is -3.46. The predicted octanol–water partition coefficient (Wildman–Crippen LogP) is 0.0300. The van der Waals surface area contributed by atoms with E-state index in [2.05, 4.69) is 15.0 Å². The van der Waals surface area contributed by atoms with Crippen molar-refractivity contribution in [2.24, 2.45) is 0 Å². The molecule has 0 aliphatic rings. The summed E-state index contributed by atoms with van der Waals surface area (Å²) in [5.41, 5.74) is 0.472. The fraction of sp³-hybridized carbons (Fsp3) is 0.222. The van der Waals surface area contributed by atoms with E-state index in [9.17, 15) is 13.2 Å². The highest BCUT2D eigenvalue weighted by Gasteiger charge is 2.12. The number of nitrogens with one attached hydrogen (secondary N) is 1. The zero-order valence-corrected chi connectivity index (χ0v) is 9.50. The number of aromatic amines is 1. The highest BCUT2D eigenvalue weighted by molar-refractivity contribution is 7.90. The Morgan fingerprint density at radius 1 is 1.38 bits per heavy atom. The summed E-state index contributed by atoms with van der Waals surface area (Å²) in [6.07, 6.45) is 2.39. The molecule has 0 amide bonds. The second-order valence-corrected chi connectivity index (χ2v) is 5.42. The number of nitrogens with zero attached hydrogens (tertiary/aromatic N) is 2. The van der Waals surface area contributed by atoms with Crippen LogP contribution < -0.4 is 5.56 Å². The van der Waals surface area contributed by atoms with E-state index in [1.54, 1.807) is 13.0 Å². The normalized spacial score (nSPS) is 11.9. The average molecular weight is 239 g/mol. The van der Waals surface area contributed by atoms with Gasteiger partial charge in [0.15, 0.2) is 0 Å². The first kappa shape index (κ1) is 10.7. The average Bonchev–Trinajstić information content (AvgIpc) is 2.17. The molecule has 0 atom stereocenters. The third-order valence-electron chi connectivity index (χ3n) is 2.09. The van der Waals surface area contributed by atoms with Crippen LogP contribution in [-0.4, -0.2) is 29.6 Å². The zero-order chi connectivity index (χ0) is 11.9. The number of H-pyrrole nitrogens is 1. The Morgan fingerprint density at radius 2 is 2.06 bits per heavy atom. The van der Waals surface area contributed by atoms with Gasteiger partial charge in [0.2, 0.25) is 15.0 Å². The molecule has 0 saturated carbocycles. The van der Waals surface area contributed by atoms with Gasteiger partial charge in [-0.25, -0.2) is 18.4 Å². The summed E-state index contributed by atoms with van der Waals surface area (Å²) < 4.78 is 22.4. The van der Waals surface area contributed by atoms with Crippen LogP contribution in [0.4, 0.5) is 0 Å². The van der Waals surface area contributed by atoms with Crippen molar-refractivity contribution >= 4 is 20.9 Å². The molecule has 0 bridgehead atoms. The molecule has 0 unspecified atom stereocenters. The van der Waals surface area contributed by atoms with E-state index in [0.717, 1.165) is 6.26 Å². The summed E-state index contributed by atoms with van der Waals surface area (Å²) in [4.78, 5) is 21.3. The lowest BCUT2D eigenvalue weighted by molar-refractivity contribution is 0.593. The summed E-state index contributed by atoms with van der Waals surface area (Å²) in [5.74, 6) is 0. The summed E-state index contributed by atoms with van der Waals surface area (Å²) in [5, 5.41) is 0.309. The molecule has 6 nitrogen and oxygen atoms in total. The lowest BCUT2D eigenvalue weighted by Crippen LogP contribution is -2.11. The van der Waals surface area contributed by atoms with E-state index < -0.39 is 9.84 Å². The first-order valence-corrected chi connectivity index (χ1v) is 6.34. The molecule has 1 N–H and O–H groups in total. The van der Waals surface area contributed by atoms with Gasteiger partial charge in [-0.2, -0.15) is 0 Å². The highest BCUT2D eigenvalue weighted by atomic mass is 32.2. The molecule has 0 spiro atoms. The number of fused-ring (bicyclic) bond motifs is 1. The Bertz CT molecular complexity index is 718. The SMILES string of the molecule is Cc1cc2cnc(S(C)(=O)=O)nc2[nH]c1=O. The fourth-order valence-corrected chi connectivity index (χ4v) is 1.77. The topological polar surface area (TPSA) is 92.8 Å². The Balaban J connectivity index is 2.82. The van der Waals surface area contributed by atoms with Gasteiger partial charge in [-0.3, -0.25) is 4.79 Å². The quantitative estimate of drug-likeness (QED) is 0.709. The summed E-state index contributed by atoms with van der Waals surface area (Å²) in [6, 6.07) is 1.61. The van der Waals surface area contributed by atoms with E-state index in [1.807, 2.05) is 0 Å². The Labute approximate surface area is 91.3 Å². The molecule has 0 aliphatic heterocycles. The molecule has 0 radical (unpaired) electrons. The second kappa shape index (κ2) is 3.38. The van der Waals surface area contributed by atoms with E-state index in [0.29, 0.717) is 10.9 Å². The van der Waals surface area contributed by atoms with Gasteiger partial charge in [0.25, 0.3) is 5.56 Å². The number of sulfone groups is 1. The van der Waals surface area contributed by atoms with Crippen LogP contribution >= 0.6 is 0 Å². The number of rotatable bonds is 1. The molecule has 0 aromatic carbocycles. The van der Waals surface area contributed by atoms with E-state index >= 15 is 0 Å². The highest BCUT2D eigenvalue weighted by Crippen LogP contribution is 2.09. The van der Waals surface area contributed by atoms with Crippen LogP contribution in [0.15, 0.2) is 22.2 Å². The number of hydrogen-bond donors (Lipinski definition) is 1. The molecule has 84 valence electrons. The van der Waals surface area contributed by atoms with Gasteiger partial charge in [0.05, 0.1) is 0 Å². The third kappa shape index (κ3) is 1.81. The minimum Gasteiger partial charge on any atom is -0.306 e. The monoisotopic (exact) mass is 239 g/mol. The van der Waals surface area contributed by atoms with Crippen molar-refractivity contribution in [2.75, 3.05) is 6.26 Å². The van der Waals surface area contributed by atoms with Gasteiger partial charge in [-0.1, -0.05) is 0 Å². The third-order valence-corrected chi connectivity index (χ3v) is 2.95.